The van der Waals surface area contributed by atoms with Crippen molar-refractivity contribution in [2.75, 3.05) is 6.61 Å². The molecule has 1 aliphatic heterocycles. The fourth-order valence-electron chi connectivity index (χ4n) is 3.35. The molecule has 0 aliphatic carbocycles. The highest BCUT2D eigenvalue weighted by Gasteiger charge is 2.45. The summed E-state index contributed by atoms with van der Waals surface area (Å²) in [5.41, 5.74) is 0.536. The van der Waals surface area contributed by atoms with E-state index < -0.39 is 58.0 Å². The van der Waals surface area contributed by atoms with Crippen molar-refractivity contribution in [3.8, 4) is 0 Å². The van der Waals surface area contributed by atoms with E-state index in [4.69, 9.17) is 14.5 Å². The van der Waals surface area contributed by atoms with Gasteiger partial charge in [0.25, 0.3) is 5.56 Å². The van der Waals surface area contributed by atoms with Gasteiger partial charge in [0.15, 0.2) is 6.23 Å². The topological polar surface area (TPSA) is 207 Å². The number of hydrogen-bond acceptors (Lipinski definition) is 9. The summed E-state index contributed by atoms with van der Waals surface area (Å²) >= 11 is 0. The summed E-state index contributed by atoms with van der Waals surface area (Å²) < 4.78 is 37.6. The predicted molar refractivity (Wildman–Crippen MR) is 115 cm³/mol. The number of nitrogens with zero attached hydrogens (tertiary/aromatic N) is 2. The number of ether oxygens (including phenoxy) is 1. The fourth-order valence-corrected chi connectivity index (χ4v) is 4.95. The molecule has 1 aliphatic rings. The highest BCUT2D eigenvalue weighted by atomic mass is 31.3. The van der Waals surface area contributed by atoms with Gasteiger partial charge in [-0.1, -0.05) is 29.8 Å². The standard InChI is InChI=1S/C18H24N2O12P2/c1-11-2-4-12(5-3-11)6-8-19-14(21)7-9-20(18(19)24)17-16(23)15(22)13(31-17)10-30-34(28,29)32-33(25,26)27/h2-5,7,9,13,15-17,22-23H,6,8,10H2,1H3,(H,28,29)(H2,25,26,27)/t13-,15?,16+,17-/m1/s1. The van der Waals surface area contributed by atoms with Gasteiger partial charge in [-0.15, -0.1) is 0 Å². The zero-order valence-corrected chi connectivity index (χ0v) is 19.6. The number of aryl methyl sites for hydroxylation is 2. The molecule has 2 aromatic rings. The first kappa shape index (κ1) is 26.6. The van der Waals surface area contributed by atoms with Gasteiger partial charge in [0.2, 0.25) is 0 Å². The Labute approximate surface area is 192 Å². The summed E-state index contributed by atoms with van der Waals surface area (Å²) in [6, 6.07) is 8.60. The monoisotopic (exact) mass is 522 g/mol. The van der Waals surface area contributed by atoms with Crippen LogP contribution in [0.2, 0.25) is 0 Å². The maximum Gasteiger partial charge on any atom is 0.481 e. The van der Waals surface area contributed by atoms with E-state index in [1.807, 2.05) is 31.2 Å². The molecule has 2 heterocycles. The van der Waals surface area contributed by atoms with E-state index in [0.29, 0.717) is 6.42 Å². The summed E-state index contributed by atoms with van der Waals surface area (Å²) in [5, 5.41) is 20.6. The van der Waals surface area contributed by atoms with Crippen LogP contribution in [0.15, 0.2) is 46.1 Å². The smallest absolute Gasteiger partial charge is 0.387 e. The molecule has 1 saturated heterocycles. The molecule has 0 amide bonds. The van der Waals surface area contributed by atoms with Crippen LogP contribution in [0.5, 0.6) is 0 Å². The number of phosphoric ester groups is 1. The summed E-state index contributed by atoms with van der Waals surface area (Å²) in [6.45, 7) is 1.05. The van der Waals surface area contributed by atoms with Gasteiger partial charge >= 0.3 is 21.3 Å². The second-order valence-corrected chi connectivity index (χ2v) is 10.4. The highest BCUT2D eigenvalue weighted by molar-refractivity contribution is 7.60. The molecule has 5 atom stereocenters. The van der Waals surface area contributed by atoms with Crippen LogP contribution in [0.3, 0.4) is 0 Å². The molecule has 1 fully saturated rings. The summed E-state index contributed by atoms with van der Waals surface area (Å²) in [7, 11) is -10.6. The van der Waals surface area contributed by atoms with Crippen LogP contribution in [0.25, 0.3) is 0 Å². The minimum absolute atomic E-state index is 0.0346. The highest BCUT2D eigenvalue weighted by Crippen LogP contribution is 2.57. The Morgan fingerprint density at radius 2 is 1.68 bits per heavy atom. The molecule has 188 valence electrons. The van der Waals surface area contributed by atoms with Gasteiger partial charge in [-0.25, -0.2) is 13.9 Å². The number of aromatic nitrogens is 2. The van der Waals surface area contributed by atoms with Crippen LogP contribution < -0.4 is 11.2 Å². The first-order valence-electron chi connectivity index (χ1n) is 9.91. The number of benzene rings is 1. The van der Waals surface area contributed by atoms with Crippen LogP contribution >= 0.6 is 15.6 Å². The second kappa shape index (κ2) is 10.3. The zero-order chi connectivity index (χ0) is 25.3. The molecule has 0 radical (unpaired) electrons. The summed E-state index contributed by atoms with van der Waals surface area (Å²) in [6.07, 6.45) is -4.92. The largest absolute Gasteiger partial charge is 0.481 e. The van der Waals surface area contributed by atoms with Crippen LogP contribution in [0.4, 0.5) is 0 Å². The number of hydrogen-bond donors (Lipinski definition) is 5. The first-order chi connectivity index (χ1) is 15.8. The van der Waals surface area contributed by atoms with Crippen molar-refractivity contribution in [1.82, 2.24) is 9.13 Å². The van der Waals surface area contributed by atoms with Gasteiger partial charge in [-0.3, -0.25) is 18.5 Å². The Kier molecular flexibility index (Phi) is 8.10. The van der Waals surface area contributed by atoms with Crippen molar-refractivity contribution in [3.63, 3.8) is 0 Å². The molecule has 3 rings (SSSR count). The predicted octanol–water partition coefficient (Wildman–Crippen LogP) is -0.593. The Morgan fingerprint density at radius 3 is 2.29 bits per heavy atom. The van der Waals surface area contributed by atoms with Gasteiger partial charge < -0.3 is 29.6 Å². The molecule has 1 aromatic heterocycles. The Balaban J connectivity index is 1.75. The number of phosphoric acid groups is 2. The molecule has 14 nitrogen and oxygen atoms in total. The molecule has 34 heavy (non-hydrogen) atoms. The van der Waals surface area contributed by atoms with E-state index in [0.717, 1.165) is 32.5 Å². The lowest BCUT2D eigenvalue weighted by Gasteiger charge is -2.19. The average molecular weight is 522 g/mol. The normalized spacial score (nSPS) is 24.8. The molecule has 16 heteroatoms. The van der Waals surface area contributed by atoms with E-state index >= 15 is 0 Å². The van der Waals surface area contributed by atoms with Crippen LogP contribution in [0, 0.1) is 6.92 Å². The second-order valence-electron chi connectivity index (χ2n) is 7.61. The molecule has 5 N–H and O–H groups in total. The molecule has 0 saturated carbocycles. The number of rotatable bonds is 9. The average Bonchev–Trinajstić information content (AvgIpc) is 3.00. The van der Waals surface area contributed by atoms with E-state index in [2.05, 4.69) is 8.83 Å². The molecule has 0 bridgehead atoms. The van der Waals surface area contributed by atoms with Gasteiger partial charge in [0, 0.05) is 18.8 Å². The van der Waals surface area contributed by atoms with Crippen molar-refractivity contribution in [2.45, 2.75) is 44.4 Å². The quantitative estimate of drug-likeness (QED) is 0.262. The number of aliphatic hydroxyl groups excluding tert-OH is 2. The van der Waals surface area contributed by atoms with Gasteiger partial charge in [-0.05, 0) is 18.9 Å². The fraction of sp³-hybridized carbons (Fsp3) is 0.444. The van der Waals surface area contributed by atoms with Crippen molar-refractivity contribution in [2.24, 2.45) is 0 Å². The van der Waals surface area contributed by atoms with Crippen molar-refractivity contribution >= 4 is 15.6 Å². The third kappa shape index (κ3) is 6.58. The van der Waals surface area contributed by atoms with Crippen molar-refractivity contribution < 1.29 is 47.6 Å². The SMILES string of the molecule is Cc1ccc(CCn2c(=O)ccn([C@@H]3O[C@H](COP(=O)(O)OP(=O)(O)O)C(O)[C@@H]3O)c2=O)cc1. The molecule has 2 unspecified atom stereocenters. The lowest BCUT2D eigenvalue weighted by Crippen LogP contribution is -2.43. The Bertz CT molecular complexity index is 1220. The first-order valence-corrected chi connectivity index (χ1v) is 12.9. The lowest BCUT2D eigenvalue weighted by atomic mass is 10.1. The number of aliphatic hydroxyl groups is 2. The van der Waals surface area contributed by atoms with Crippen LogP contribution in [-0.4, -0.2) is 58.9 Å². The molecular weight excluding hydrogens is 498 g/mol. The molecule has 0 spiro atoms. The third-order valence-electron chi connectivity index (χ3n) is 5.06. The Hall–Kier alpha value is -1.96. The molecule has 1 aromatic carbocycles. The van der Waals surface area contributed by atoms with Crippen molar-refractivity contribution in [3.05, 3.63) is 68.5 Å². The van der Waals surface area contributed by atoms with E-state index in [-0.39, 0.29) is 6.54 Å². The van der Waals surface area contributed by atoms with Gasteiger partial charge in [0.05, 0.1) is 6.61 Å². The maximum atomic E-state index is 12.9. The maximum absolute atomic E-state index is 12.9. The lowest BCUT2D eigenvalue weighted by molar-refractivity contribution is -0.0548. The minimum atomic E-state index is -5.35. The third-order valence-corrected chi connectivity index (χ3v) is 7.21. The van der Waals surface area contributed by atoms with Crippen LogP contribution in [-0.2, 0) is 35.7 Å². The summed E-state index contributed by atoms with van der Waals surface area (Å²) in [4.78, 5) is 51.8. The molecular formula is C18H24N2O12P2. The van der Waals surface area contributed by atoms with Gasteiger partial charge in [-0.2, -0.15) is 4.31 Å². The van der Waals surface area contributed by atoms with Gasteiger partial charge in [0.1, 0.15) is 18.3 Å². The van der Waals surface area contributed by atoms with E-state index in [1.54, 1.807) is 0 Å². The van der Waals surface area contributed by atoms with E-state index in [1.165, 1.54) is 0 Å². The van der Waals surface area contributed by atoms with Crippen molar-refractivity contribution in [1.29, 1.82) is 0 Å². The summed E-state index contributed by atoms with van der Waals surface area (Å²) in [5.74, 6) is 0. The van der Waals surface area contributed by atoms with Crippen LogP contribution in [0.1, 0.15) is 17.4 Å². The van der Waals surface area contributed by atoms with E-state index in [9.17, 15) is 33.8 Å². The Morgan fingerprint density at radius 1 is 1.03 bits per heavy atom. The minimum Gasteiger partial charge on any atom is -0.387 e. The zero-order valence-electron chi connectivity index (χ0n) is 17.8.